The van der Waals surface area contributed by atoms with Crippen molar-refractivity contribution in [3.63, 3.8) is 0 Å². The molecule has 0 aliphatic rings. The molecule has 1 amide bonds. The average molecular weight is 451 g/mol. The number of carbonyl (C=O) groups excluding carboxylic acids is 2. The van der Waals surface area contributed by atoms with Gasteiger partial charge in [0.2, 0.25) is 0 Å². The van der Waals surface area contributed by atoms with Gasteiger partial charge in [0.25, 0.3) is 15.9 Å². The minimum Gasteiger partial charge on any atom is -0.449 e. The summed E-state index contributed by atoms with van der Waals surface area (Å²) < 4.78 is 46.0. The summed E-state index contributed by atoms with van der Waals surface area (Å²) in [6.07, 6.45) is -1.06. The van der Waals surface area contributed by atoms with Gasteiger partial charge in [0.05, 0.1) is 16.1 Å². The van der Waals surface area contributed by atoms with Gasteiger partial charge in [-0.05, 0) is 71.0 Å². The Balaban J connectivity index is 2.24. The van der Waals surface area contributed by atoms with Gasteiger partial charge in [-0.15, -0.1) is 0 Å². The third-order valence-electron chi connectivity index (χ3n) is 4.51. The highest BCUT2D eigenvalue weighted by atomic mass is 32.2. The van der Waals surface area contributed by atoms with E-state index in [9.17, 15) is 22.4 Å². The van der Waals surface area contributed by atoms with Gasteiger partial charge in [-0.25, -0.2) is 17.6 Å². The van der Waals surface area contributed by atoms with E-state index in [1.165, 1.54) is 19.1 Å². The van der Waals surface area contributed by atoms with Gasteiger partial charge in [0.1, 0.15) is 5.82 Å². The highest BCUT2D eigenvalue weighted by molar-refractivity contribution is 7.92. The van der Waals surface area contributed by atoms with Crippen LogP contribution in [-0.2, 0) is 19.6 Å². The number of sulfonamides is 1. The van der Waals surface area contributed by atoms with E-state index in [-0.39, 0.29) is 34.1 Å². The number of nitrogens with one attached hydrogen (secondary N) is 1. The number of halogens is 1. The lowest BCUT2D eigenvalue weighted by molar-refractivity contribution is -0.143. The fourth-order valence-corrected chi connectivity index (χ4v) is 4.24. The van der Waals surface area contributed by atoms with Crippen LogP contribution >= 0.6 is 0 Å². The molecule has 2 aromatic rings. The summed E-state index contributed by atoms with van der Waals surface area (Å²) in [5.74, 6) is -1.76. The van der Waals surface area contributed by atoms with Crippen LogP contribution in [0.5, 0.6) is 0 Å². The molecule has 1 atom stereocenters. The number of hydrogen-bond donors (Lipinski definition) is 1. The van der Waals surface area contributed by atoms with Crippen LogP contribution in [0.1, 0.15) is 45.0 Å². The van der Waals surface area contributed by atoms with Crippen LogP contribution in [-0.4, -0.2) is 43.4 Å². The first-order valence-electron chi connectivity index (χ1n) is 9.84. The molecular formula is C22H27FN2O5S. The first kappa shape index (κ1) is 24.3. The van der Waals surface area contributed by atoms with Crippen LogP contribution in [0, 0.1) is 5.82 Å². The van der Waals surface area contributed by atoms with Gasteiger partial charge in [-0.1, -0.05) is 12.1 Å². The second-order valence-corrected chi connectivity index (χ2v) is 9.27. The van der Waals surface area contributed by atoms with Crippen molar-refractivity contribution in [2.45, 2.75) is 57.7 Å². The molecule has 0 saturated carbocycles. The quantitative estimate of drug-likeness (QED) is 0.617. The van der Waals surface area contributed by atoms with E-state index in [1.54, 1.807) is 17.0 Å². The Morgan fingerprint density at radius 3 is 2.03 bits per heavy atom. The maximum atomic E-state index is 13.1. The van der Waals surface area contributed by atoms with E-state index in [4.69, 9.17) is 4.74 Å². The van der Waals surface area contributed by atoms with Gasteiger partial charge in [0, 0.05) is 12.1 Å². The smallest absolute Gasteiger partial charge is 0.341 e. The molecule has 0 bridgehead atoms. The van der Waals surface area contributed by atoms with Crippen LogP contribution in [0.2, 0.25) is 0 Å². The van der Waals surface area contributed by atoms with Crippen LogP contribution < -0.4 is 4.72 Å². The molecule has 0 saturated heterocycles. The number of rotatable bonds is 8. The van der Waals surface area contributed by atoms with E-state index in [1.807, 2.05) is 27.7 Å². The second kappa shape index (κ2) is 9.91. The predicted molar refractivity (Wildman–Crippen MR) is 116 cm³/mol. The second-order valence-electron chi connectivity index (χ2n) is 7.59. The zero-order valence-corrected chi connectivity index (χ0v) is 18.9. The Hall–Kier alpha value is -2.94. The number of amides is 1. The number of ether oxygens (including phenoxy) is 1. The zero-order chi connectivity index (χ0) is 23.3. The summed E-state index contributed by atoms with van der Waals surface area (Å²) in [5, 5.41) is 0. The molecule has 2 aromatic carbocycles. The van der Waals surface area contributed by atoms with Crippen molar-refractivity contribution in [2.24, 2.45) is 0 Å². The van der Waals surface area contributed by atoms with Crippen molar-refractivity contribution in [3.8, 4) is 0 Å². The first-order valence-corrected chi connectivity index (χ1v) is 11.3. The van der Waals surface area contributed by atoms with Crippen molar-refractivity contribution >= 4 is 27.6 Å². The van der Waals surface area contributed by atoms with Crippen molar-refractivity contribution in [3.05, 3.63) is 59.9 Å². The molecular weight excluding hydrogens is 423 g/mol. The molecule has 168 valence electrons. The minimum atomic E-state index is -4.07. The molecule has 0 heterocycles. The largest absolute Gasteiger partial charge is 0.449 e. The number of carbonyl (C=O) groups is 2. The Kier molecular flexibility index (Phi) is 7.78. The van der Waals surface area contributed by atoms with Crippen LogP contribution in [0.4, 0.5) is 10.1 Å². The highest BCUT2D eigenvalue weighted by Crippen LogP contribution is 2.22. The third kappa shape index (κ3) is 6.04. The molecule has 2 rings (SSSR count). The Morgan fingerprint density at radius 2 is 1.48 bits per heavy atom. The third-order valence-corrected chi connectivity index (χ3v) is 5.90. The number of hydrogen-bond acceptors (Lipinski definition) is 5. The predicted octanol–water partition coefficient (Wildman–Crippen LogP) is 3.82. The Bertz CT molecular complexity index is 1030. The lowest BCUT2D eigenvalue weighted by Crippen LogP contribution is -2.47. The van der Waals surface area contributed by atoms with E-state index >= 15 is 0 Å². The van der Waals surface area contributed by atoms with Crippen LogP contribution in [0.3, 0.4) is 0 Å². The minimum absolute atomic E-state index is 0.0129. The van der Waals surface area contributed by atoms with Crippen molar-refractivity contribution < 1.29 is 27.1 Å². The molecule has 0 spiro atoms. The summed E-state index contributed by atoms with van der Waals surface area (Å²) in [4.78, 5) is 26.9. The fourth-order valence-electron chi connectivity index (χ4n) is 3.16. The molecule has 1 N–H and O–H groups in total. The molecule has 0 aromatic heterocycles. The standard InChI is InChI=1S/C22H27FN2O5S/c1-14(2)25(15(3)4)21(26)16(5)30-22(27)19-8-6-7-9-20(19)24-31(28,29)18-12-10-17(23)11-13-18/h6-16,24H,1-5H3/t16-/m1/s1. The van der Waals surface area contributed by atoms with Gasteiger partial charge < -0.3 is 9.64 Å². The van der Waals surface area contributed by atoms with Crippen molar-refractivity contribution in [1.29, 1.82) is 0 Å². The normalized spacial score (nSPS) is 12.5. The molecule has 0 radical (unpaired) electrons. The molecule has 0 fully saturated rings. The lowest BCUT2D eigenvalue weighted by Gasteiger charge is -2.32. The molecule has 0 unspecified atom stereocenters. The van der Waals surface area contributed by atoms with Crippen LogP contribution in [0.15, 0.2) is 53.4 Å². The van der Waals surface area contributed by atoms with Crippen LogP contribution in [0.25, 0.3) is 0 Å². The van der Waals surface area contributed by atoms with Gasteiger partial charge in [-0.2, -0.15) is 0 Å². The van der Waals surface area contributed by atoms with Gasteiger partial charge in [-0.3, -0.25) is 9.52 Å². The highest BCUT2D eigenvalue weighted by Gasteiger charge is 2.29. The molecule has 9 heteroatoms. The van der Waals surface area contributed by atoms with Gasteiger partial charge >= 0.3 is 5.97 Å². The van der Waals surface area contributed by atoms with E-state index in [0.29, 0.717) is 0 Å². The number of benzene rings is 2. The zero-order valence-electron chi connectivity index (χ0n) is 18.1. The monoisotopic (exact) mass is 450 g/mol. The number of para-hydroxylation sites is 1. The maximum Gasteiger partial charge on any atom is 0.341 e. The average Bonchev–Trinajstić information content (AvgIpc) is 2.67. The lowest BCUT2D eigenvalue weighted by atomic mass is 10.1. The summed E-state index contributed by atoms with van der Waals surface area (Å²) >= 11 is 0. The van der Waals surface area contributed by atoms with Gasteiger partial charge in [0.15, 0.2) is 6.10 Å². The van der Waals surface area contributed by atoms with Crippen molar-refractivity contribution in [1.82, 2.24) is 4.90 Å². The fraction of sp³-hybridized carbons (Fsp3) is 0.364. The summed E-state index contributed by atoms with van der Waals surface area (Å²) in [7, 11) is -4.07. The first-order chi connectivity index (χ1) is 14.4. The van der Waals surface area contributed by atoms with Crippen molar-refractivity contribution in [2.75, 3.05) is 4.72 Å². The summed E-state index contributed by atoms with van der Waals surface area (Å²) in [5.41, 5.74) is -0.0606. The van der Waals surface area contributed by atoms with E-state index < -0.39 is 27.9 Å². The number of esters is 1. The number of nitrogens with zero attached hydrogens (tertiary/aromatic N) is 1. The Labute approximate surface area is 182 Å². The molecule has 31 heavy (non-hydrogen) atoms. The summed E-state index contributed by atoms with van der Waals surface area (Å²) in [6, 6.07) is 10.0. The molecule has 0 aliphatic heterocycles. The summed E-state index contributed by atoms with van der Waals surface area (Å²) in [6.45, 7) is 8.94. The topological polar surface area (TPSA) is 92.8 Å². The Morgan fingerprint density at radius 1 is 0.935 bits per heavy atom. The van der Waals surface area contributed by atoms with E-state index in [2.05, 4.69) is 4.72 Å². The number of anilines is 1. The van der Waals surface area contributed by atoms with E-state index in [0.717, 1.165) is 24.3 Å². The SMILES string of the molecule is CC(C)N(C(=O)[C@@H](C)OC(=O)c1ccccc1NS(=O)(=O)c1ccc(F)cc1)C(C)C. The molecule has 7 nitrogen and oxygen atoms in total. The molecule has 0 aliphatic carbocycles. The maximum absolute atomic E-state index is 13.1.